The maximum absolute atomic E-state index is 4.04. The summed E-state index contributed by atoms with van der Waals surface area (Å²) >= 11 is 0. The third kappa shape index (κ3) is 1.13. The van der Waals surface area contributed by atoms with E-state index in [-0.39, 0.29) is 0 Å². The highest BCUT2D eigenvalue weighted by Crippen LogP contribution is 2.53. The lowest BCUT2D eigenvalue weighted by Gasteiger charge is -2.01. The Bertz CT molecular complexity index is 170. The molecule has 0 aromatic heterocycles. The van der Waals surface area contributed by atoms with Crippen molar-refractivity contribution in [3.63, 3.8) is 0 Å². The lowest BCUT2D eigenvalue weighted by Crippen LogP contribution is -1.96. The third-order valence-corrected chi connectivity index (χ3v) is 2.15. The molecule has 2 rings (SSSR count). The molecule has 1 aliphatic carbocycles. The Morgan fingerprint density at radius 3 is 2.60 bits per heavy atom. The first-order valence-electron chi connectivity index (χ1n) is 4.02. The summed E-state index contributed by atoms with van der Waals surface area (Å²) in [4.78, 5) is 4.04. The Labute approximate surface area is 62.9 Å². The number of aliphatic imine (C=N–C) groups is 1. The predicted octanol–water partition coefficient (Wildman–Crippen LogP) is 2.64. The monoisotopic (exact) mass is 137 g/mol. The summed E-state index contributed by atoms with van der Waals surface area (Å²) in [7, 11) is 0. The van der Waals surface area contributed by atoms with E-state index in [1.165, 1.54) is 6.42 Å². The Kier molecular flexibility index (Phi) is 1.93. The van der Waals surface area contributed by atoms with Crippen molar-refractivity contribution in [2.24, 2.45) is 16.3 Å². The van der Waals surface area contributed by atoms with Gasteiger partial charge in [-0.3, -0.25) is 4.99 Å². The highest BCUT2D eigenvalue weighted by molar-refractivity contribution is 5.69. The second-order valence-corrected chi connectivity index (χ2v) is 2.93. The van der Waals surface area contributed by atoms with E-state index in [1.54, 1.807) is 0 Å². The molecule has 2 unspecified atom stereocenters. The van der Waals surface area contributed by atoms with Crippen LogP contribution in [-0.2, 0) is 0 Å². The first-order valence-corrected chi connectivity index (χ1v) is 4.02. The molecular weight excluding hydrogens is 122 g/mol. The molecule has 0 N–H and O–H groups in total. The molecular formula is C9H15N. The first kappa shape index (κ1) is 7.52. The van der Waals surface area contributed by atoms with E-state index in [9.17, 15) is 0 Å². The highest BCUT2D eigenvalue weighted by Gasteiger charge is 2.47. The van der Waals surface area contributed by atoms with Crippen LogP contribution in [0, 0.1) is 11.3 Å². The Hall–Kier alpha value is -0.590. The van der Waals surface area contributed by atoms with Gasteiger partial charge in [-0.1, -0.05) is 26.8 Å². The van der Waals surface area contributed by atoms with Gasteiger partial charge in [0.15, 0.2) is 0 Å². The average molecular weight is 137 g/mol. The fraction of sp³-hybridized carbons (Fsp3) is 0.667. The number of fused-ring (bicyclic) bond motifs is 1. The maximum atomic E-state index is 4.04. The molecule has 1 aliphatic heterocycles. The molecule has 0 radical (unpaired) electrons. The van der Waals surface area contributed by atoms with E-state index in [0.29, 0.717) is 5.41 Å². The minimum Gasteiger partial charge on any atom is -0.269 e. The van der Waals surface area contributed by atoms with Crippen LogP contribution in [-0.4, -0.2) is 6.21 Å². The summed E-state index contributed by atoms with van der Waals surface area (Å²) in [5.41, 5.74) is 0.516. The topological polar surface area (TPSA) is 12.4 Å². The molecule has 1 nitrogen and oxygen atoms in total. The smallest absolute Gasteiger partial charge is 0.0229 e. The number of allylic oxidation sites excluding steroid dienone is 1. The molecule has 2 aliphatic rings. The van der Waals surface area contributed by atoms with Crippen LogP contribution in [0.3, 0.4) is 0 Å². The number of nitrogens with zero attached hydrogens (tertiary/aromatic N) is 1. The lowest BCUT2D eigenvalue weighted by molar-refractivity contribution is 0.706. The second-order valence-electron chi connectivity index (χ2n) is 2.93. The number of rotatable bonds is 0. The van der Waals surface area contributed by atoms with Gasteiger partial charge in [0.25, 0.3) is 0 Å². The van der Waals surface area contributed by atoms with E-state index in [4.69, 9.17) is 0 Å². The minimum atomic E-state index is 0.516. The molecule has 1 fully saturated rings. The van der Waals surface area contributed by atoms with Crippen molar-refractivity contribution in [2.45, 2.75) is 27.2 Å². The van der Waals surface area contributed by atoms with E-state index >= 15 is 0 Å². The van der Waals surface area contributed by atoms with Crippen molar-refractivity contribution in [3.05, 3.63) is 12.3 Å². The van der Waals surface area contributed by atoms with Crippen molar-refractivity contribution < 1.29 is 0 Å². The van der Waals surface area contributed by atoms with Gasteiger partial charge in [-0.2, -0.15) is 0 Å². The molecule has 2 atom stereocenters. The minimum absolute atomic E-state index is 0.516. The third-order valence-electron chi connectivity index (χ3n) is 2.15. The van der Waals surface area contributed by atoms with Crippen LogP contribution in [0.4, 0.5) is 0 Å². The van der Waals surface area contributed by atoms with Crippen molar-refractivity contribution in [2.75, 3.05) is 0 Å². The number of hydrogen-bond donors (Lipinski definition) is 0. The molecule has 1 heterocycles. The molecule has 56 valence electrons. The summed E-state index contributed by atoms with van der Waals surface area (Å²) in [6, 6.07) is 0. The zero-order valence-corrected chi connectivity index (χ0v) is 6.96. The Morgan fingerprint density at radius 2 is 2.20 bits per heavy atom. The highest BCUT2D eigenvalue weighted by atomic mass is 14.7. The van der Waals surface area contributed by atoms with Crippen LogP contribution in [0.2, 0.25) is 0 Å². The Balaban J connectivity index is 0.000000231. The summed E-state index contributed by atoms with van der Waals surface area (Å²) in [6.45, 7) is 6.28. The van der Waals surface area contributed by atoms with Gasteiger partial charge in [0.05, 0.1) is 0 Å². The normalized spacial score (nSPS) is 39.7. The van der Waals surface area contributed by atoms with E-state index < -0.39 is 0 Å². The van der Waals surface area contributed by atoms with Crippen molar-refractivity contribution in [1.82, 2.24) is 0 Å². The van der Waals surface area contributed by atoms with Crippen molar-refractivity contribution in [3.8, 4) is 0 Å². The lowest BCUT2D eigenvalue weighted by atomic mass is 10.1. The summed E-state index contributed by atoms with van der Waals surface area (Å²) in [5, 5.41) is 0. The van der Waals surface area contributed by atoms with Gasteiger partial charge in [0, 0.05) is 18.3 Å². The average Bonchev–Trinajstić information content (AvgIpc) is 2.64. The van der Waals surface area contributed by atoms with Crippen LogP contribution in [0.15, 0.2) is 17.3 Å². The van der Waals surface area contributed by atoms with Gasteiger partial charge in [-0.25, -0.2) is 0 Å². The zero-order valence-electron chi connectivity index (χ0n) is 6.96. The van der Waals surface area contributed by atoms with Gasteiger partial charge >= 0.3 is 0 Å². The zero-order chi connectivity index (χ0) is 7.61. The van der Waals surface area contributed by atoms with Crippen LogP contribution in [0.25, 0.3) is 0 Å². The van der Waals surface area contributed by atoms with Crippen LogP contribution < -0.4 is 0 Å². The number of hydrogen-bond acceptors (Lipinski definition) is 1. The van der Waals surface area contributed by atoms with Gasteiger partial charge in [0.2, 0.25) is 0 Å². The largest absolute Gasteiger partial charge is 0.269 e. The summed E-state index contributed by atoms with van der Waals surface area (Å²) in [5.74, 6) is 0.771. The van der Waals surface area contributed by atoms with Gasteiger partial charge in [-0.15, -0.1) is 0 Å². The van der Waals surface area contributed by atoms with E-state index in [0.717, 1.165) is 5.92 Å². The molecule has 10 heavy (non-hydrogen) atoms. The molecule has 1 heteroatoms. The van der Waals surface area contributed by atoms with Gasteiger partial charge < -0.3 is 0 Å². The van der Waals surface area contributed by atoms with Crippen molar-refractivity contribution >= 4 is 6.21 Å². The van der Waals surface area contributed by atoms with E-state index in [2.05, 4.69) is 24.2 Å². The Morgan fingerprint density at radius 1 is 1.50 bits per heavy atom. The molecule has 1 saturated carbocycles. The van der Waals surface area contributed by atoms with Crippen molar-refractivity contribution in [1.29, 1.82) is 0 Å². The molecule has 0 amide bonds. The molecule has 0 aromatic rings. The predicted molar refractivity (Wildman–Crippen MR) is 45.2 cm³/mol. The van der Waals surface area contributed by atoms with Gasteiger partial charge in [0.1, 0.15) is 0 Å². The fourth-order valence-corrected chi connectivity index (χ4v) is 1.20. The van der Waals surface area contributed by atoms with Gasteiger partial charge in [-0.05, 0) is 11.8 Å². The SMILES string of the molecule is CC.CC12C=CN=CC1C2. The quantitative estimate of drug-likeness (QED) is 0.486. The first-order chi connectivity index (χ1) is 4.81. The van der Waals surface area contributed by atoms with Crippen LogP contribution in [0.1, 0.15) is 27.2 Å². The second kappa shape index (κ2) is 2.57. The standard InChI is InChI=1S/C7H9N.C2H6/c1-7-2-3-8-5-6(7)4-7;1-2/h2-3,5-6H,4H2,1H3;1-2H3. The van der Waals surface area contributed by atoms with Crippen LogP contribution >= 0.6 is 0 Å². The molecule has 0 spiro atoms. The van der Waals surface area contributed by atoms with Crippen LogP contribution in [0.5, 0.6) is 0 Å². The molecule has 0 bridgehead atoms. The van der Waals surface area contributed by atoms with E-state index in [1.807, 2.05) is 20.0 Å². The molecule has 0 saturated heterocycles. The molecule has 0 aromatic carbocycles. The summed E-state index contributed by atoms with van der Waals surface area (Å²) < 4.78 is 0. The maximum Gasteiger partial charge on any atom is 0.0229 e. The summed E-state index contributed by atoms with van der Waals surface area (Å²) in [6.07, 6.45) is 7.48. The fourth-order valence-electron chi connectivity index (χ4n) is 1.20.